The molecule has 0 aliphatic rings. The molecule has 0 bridgehead atoms. The lowest BCUT2D eigenvalue weighted by Crippen LogP contribution is -2.17. The highest BCUT2D eigenvalue weighted by Gasteiger charge is 2.31. The van der Waals surface area contributed by atoms with Crippen LogP contribution in [0.1, 0.15) is 29.2 Å². The molecule has 5 rings (SSSR count). The lowest BCUT2D eigenvalue weighted by atomic mass is 9.98. The first-order valence-electron chi connectivity index (χ1n) is 12.4. The number of nitrogens with zero attached hydrogens (tertiary/aromatic N) is 3. The molecule has 0 amide bonds. The van der Waals surface area contributed by atoms with Gasteiger partial charge in [0.2, 0.25) is 0 Å². The van der Waals surface area contributed by atoms with Gasteiger partial charge in [-0.15, -0.1) is 13.2 Å². The Kier molecular flexibility index (Phi) is 7.23. The Bertz CT molecular complexity index is 1700. The average Bonchev–Trinajstić information content (AvgIpc) is 3.33. The van der Waals surface area contributed by atoms with Gasteiger partial charge in [-0.25, -0.2) is 4.98 Å². The predicted molar refractivity (Wildman–Crippen MR) is 155 cm³/mol. The summed E-state index contributed by atoms with van der Waals surface area (Å²) in [6.07, 6.45) is -2.32. The van der Waals surface area contributed by atoms with Crippen molar-refractivity contribution in [2.24, 2.45) is 4.99 Å². The maximum absolute atomic E-state index is 12.5. The smallest absolute Gasteiger partial charge is 0.406 e. The lowest BCUT2D eigenvalue weighted by Gasteiger charge is -2.10. The normalized spacial score (nSPS) is 12.3. The minimum absolute atomic E-state index is 0.267. The van der Waals surface area contributed by atoms with Gasteiger partial charge < -0.3 is 4.74 Å². The number of benzene rings is 4. The predicted octanol–water partition coefficient (Wildman–Crippen LogP) is 8.12. The molecule has 0 saturated heterocycles. The number of aromatic nitrogens is 2. The second-order valence-electron chi connectivity index (χ2n) is 9.51. The van der Waals surface area contributed by atoms with Crippen molar-refractivity contribution in [3.8, 4) is 11.4 Å². The quantitative estimate of drug-likeness (QED) is 0.153. The van der Waals surface area contributed by atoms with E-state index in [1.165, 1.54) is 28.8 Å². The Morgan fingerprint density at radius 1 is 0.974 bits per heavy atom. The number of aryl methyl sites for hydroxylation is 2. The van der Waals surface area contributed by atoms with Crippen LogP contribution in [-0.2, 0) is 6.42 Å². The number of halogens is 3. The van der Waals surface area contributed by atoms with Crippen LogP contribution in [0.3, 0.4) is 0 Å². The lowest BCUT2D eigenvalue weighted by molar-refractivity contribution is -0.274. The third kappa shape index (κ3) is 5.86. The number of hydrogen-bond acceptors (Lipinski definition) is 4. The summed E-state index contributed by atoms with van der Waals surface area (Å²) in [5.74, 6) is -0.267. The van der Waals surface area contributed by atoms with Crippen molar-refractivity contribution < 1.29 is 17.9 Å². The van der Waals surface area contributed by atoms with Gasteiger partial charge in [-0.3, -0.25) is 9.56 Å². The van der Waals surface area contributed by atoms with E-state index in [9.17, 15) is 13.2 Å². The van der Waals surface area contributed by atoms with Crippen molar-refractivity contribution in [2.45, 2.75) is 33.6 Å². The minimum atomic E-state index is -4.73. The Labute approximate surface area is 229 Å². The maximum atomic E-state index is 12.5. The van der Waals surface area contributed by atoms with Crippen molar-refractivity contribution in [1.82, 2.24) is 9.55 Å². The van der Waals surface area contributed by atoms with E-state index < -0.39 is 6.36 Å². The number of hydrogen-bond donors (Lipinski definition) is 0. The summed E-state index contributed by atoms with van der Waals surface area (Å²) in [6, 6.07) is 22.1. The van der Waals surface area contributed by atoms with Gasteiger partial charge in [0.05, 0.1) is 17.6 Å². The van der Waals surface area contributed by atoms with E-state index in [-0.39, 0.29) is 5.75 Å². The summed E-state index contributed by atoms with van der Waals surface area (Å²) in [5, 5.41) is 2.00. The van der Waals surface area contributed by atoms with Crippen molar-refractivity contribution in [1.29, 1.82) is 0 Å². The van der Waals surface area contributed by atoms with Crippen LogP contribution >= 0.6 is 12.2 Å². The maximum Gasteiger partial charge on any atom is 0.573 e. The third-order valence-corrected chi connectivity index (χ3v) is 7.08. The number of imidazole rings is 1. The summed E-state index contributed by atoms with van der Waals surface area (Å²) >= 11 is 5.65. The molecule has 1 heterocycles. The Morgan fingerprint density at radius 3 is 2.38 bits per heavy atom. The van der Waals surface area contributed by atoms with E-state index >= 15 is 0 Å². The van der Waals surface area contributed by atoms with Gasteiger partial charge in [-0.1, -0.05) is 48.6 Å². The topological polar surface area (TPSA) is 39.4 Å². The van der Waals surface area contributed by atoms with E-state index in [0.717, 1.165) is 44.4 Å². The summed E-state index contributed by atoms with van der Waals surface area (Å²) in [5.41, 5.74) is 8.02. The molecule has 39 heavy (non-hydrogen) atoms. The molecule has 0 saturated carbocycles. The number of fused-ring (bicyclic) bond motifs is 3. The largest absolute Gasteiger partial charge is 0.573 e. The fourth-order valence-corrected chi connectivity index (χ4v) is 4.94. The highest BCUT2D eigenvalue weighted by molar-refractivity contribution is 7.80. The molecule has 198 valence electrons. The second kappa shape index (κ2) is 10.6. The van der Waals surface area contributed by atoms with Gasteiger partial charge in [0, 0.05) is 28.1 Å². The number of alkyl halides is 3. The highest BCUT2D eigenvalue weighted by atomic mass is 32.1. The van der Waals surface area contributed by atoms with Gasteiger partial charge in [-0.2, -0.15) is 0 Å². The number of rotatable bonds is 7. The first kappa shape index (κ1) is 26.6. The Morgan fingerprint density at radius 2 is 1.69 bits per heavy atom. The van der Waals surface area contributed by atoms with Gasteiger partial charge in [0.25, 0.3) is 0 Å². The van der Waals surface area contributed by atoms with E-state index in [1.807, 2.05) is 35.8 Å². The van der Waals surface area contributed by atoms with Crippen LogP contribution in [0, 0.1) is 13.8 Å². The Hall–Kier alpha value is -4.04. The van der Waals surface area contributed by atoms with Gasteiger partial charge in [0.15, 0.2) is 0 Å². The fraction of sp³-hybridized carbons (Fsp3) is 0.194. The van der Waals surface area contributed by atoms with E-state index in [4.69, 9.17) is 17.2 Å². The minimum Gasteiger partial charge on any atom is -0.406 e. The molecule has 0 spiro atoms. The molecule has 5 aromatic rings. The van der Waals surface area contributed by atoms with Gasteiger partial charge in [-0.05, 0) is 84.8 Å². The molecule has 0 aliphatic heterocycles. The Balaban J connectivity index is 1.36. The van der Waals surface area contributed by atoms with E-state index in [1.54, 1.807) is 18.5 Å². The molecular weight excluding hydrogens is 519 g/mol. The molecule has 0 fully saturated rings. The monoisotopic (exact) mass is 545 g/mol. The van der Waals surface area contributed by atoms with Gasteiger partial charge >= 0.3 is 6.36 Å². The first-order chi connectivity index (χ1) is 18.6. The van der Waals surface area contributed by atoms with Crippen LogP contribution < -0.4 is 4.74 Å². The molecule has 0 radical (unpaired) electrons. The van der Waals surface area contributed by atoms with Crippen LogP contribution in [0.15, 0.2) is 84.1 Å². The van der Waals surface area contributed by atoms with Crippen LogP contribution in [-0.4, -0.2) is 33.0 Å². The number of thiocarbonyl (C=S) groups is 1. The molecule has 0 unspecified atom stereocenters. The van der Waals surface area contributed by atoms with Crippen molar-refractivity contribution in [3.05, 3.63) is 101 Å². The SMILES string of the molecule is CC(=NCC(=S)Cc1c(C)cccc1C)c1ccc2c(ccc3c2ncn3-c2ccc(OC(F)(F)F)cc2)c1. The zero-order valence-electron chi connectivity index (χ0n) is 21.7. The summed E-state index contributed by atoms with van der Waals surface area (Å²) < 4.78 is 43.3. The van der Waals surface area contributed by atoms with E-state index in [2.05, 4.69) is 47.8 Å². The summed E-state index contributed by atoms with van der Waals surface area (Å²) in [4.78, 5) is 10.3. The zero-order valence-corrected chi connectivity index (χ0v) is 22.5. The van der Waals surface area contributed by atoms with Crippen LogP contribution in [0.25, 0.3) is 27.5 Å². The van der Waals surface area contributed by atoms with Crippen LogP contribution in [0.5, 0.6) is 5.75 Å². The molecule has 4 aromatic carbocycles. The van der Waals surface area contributed by atoms with Crippen molar-refractivity contribution in [3.63, 3.8) is 0 Å². The molecule has 8 heteroatoms. The second-order valence-corrected chi connectivity index (χ2v) is 10.1. The zero-order chi connectivity index (χ0) is 27.7. The first-order valence-corrected chi connectivity index (χ1v) is 12.8. The van der Waals surface area contributed by atoms with Crippen LogP contribution in [0.2, 0.25) is 0 Å². The molecule has 0 aliphatic carbocycles. The third-order valence-electron chi connectivity index (χ3n) is 6.81. The highest BCUT2D eigenvalue weighted by Crippen LogP contribution is 2.29. The van der Waals surface area contributed by atoms with Crippen LogP contribution in [0.4, 0.5) is 13.2 Å². The standard InChI is InChI=1S/C31H26F3N3OS/c1-19-5-4-6-20(2)28(19)16-26(39)17-35-21(3)22-7-13-27-23(15-22)8-14-29-30(27)36-18-37(29)24-9-11-25(12-10-24)38-31(32,33)34/h4-15,18H,16-17H2,1-3H3. The number of ether oxygens (including phenoxy) is 1. The molecule has 4 nitrogen and oxygen atoms in total. The average molecular weight is 546 g/mol. The van der Waals surface area contributed by atoms with Crippen molar-refractivity contribution in [2.75, 3.05) is 6.54 Å². The summed E-state index contributed by atoms with van der Waals surface area (Å²) in [6.45, 7) is 6.70. The molecule has 0 atom stereocenters. The molecule has 0 N–H and O–H groups in total. The van der Waals surface area contributed by atoms with Crippen molar-refractivity contribution >= 4 is 44.6 Å². The fourth-order valence-electron chi connectivity index (χ4n) is 4.73. The summed E-state index contributed by atoms with van der Waals surface area (Å²) in [7, 11) is 0. The van der Waals surface area contributed by atoms with Gasteiger partial charge in [0.1, 0.15) is 12.1 Å². The molecule has 1 aromatic heterocycles. The number of aliphatic imine (C=N–C) groups is 1. The van der Waals surface area contributed by atoms with E-state index in [0.29, 0.717) is 12.2 Å². The molecular formula is C31H26F3N3OS.